The molecule has 0 bridgehead atoms. The van der Waals surface area contributed by atoms with Crippen LogP contribution in [0.3, 0.4) is 0 Å². The fourth-order valence-electron chi connectivity index (χ4n) is 2.22. The first kappa shape index (κ1) is 14.8. The number of hydrogen-bond donors (Lipinski definition) is 1. The van der Waals surface area contributed by atoms with E-state index in [-0.39, 0.29) is 23.7 Å². The van der Waals surface area contributed by atoms with Crippen LogP contribution in [0.5, 0.6) is 0 Å². The number of ether oxygens (including phenoxy) is 1. The maximum absolute atomic E-state index is 12.2. The fraction of sp³-hybridized carbons (Fsp3) is 0.714. The molecule has 0 aliphatic carbocycles. The number of nitrogens with zero attached hydrogens (tertiary/aromatic N) is 2. The van der Waals surface area contributed by atoms with Gasteiger partial charge in [0.2, 0.25) is 0 Å². The summed E-state index contributed by atoms with van der Waals surface area (Å²) in [7, 11) is 0. The van der Waals surface area contributed by atoms with Crippen LogP contribution in [-0.2, 0) is 10.2 Å². The van der Waals surface area contributed by atoms with Crippen LogP contribution in [0.15, 0.2) is 10.6 Å². The third-order valence-electron chi connectivity index (χ3n) is 3.19. The first-order valence-corrected chi connectivity index (χ1v) is 6.94. The topological polar surface area (TPSA) is 67.6 Å². The molecule has 2 amide bonds. The highest BCUT2D eigenvalue weighted by Gasteiger charge is 2.27. The summed E-state index contributed by atoms with van der Waals surface area (Å²) in [5.74, 6) is 1.20. The van der Waals surface area contributed by atoms with E-state index >= 15 is 0 Å². The Kier molecular flexibility index (Phi) is 4.04. The second kappa shape index (κ2) is 5.44. The predicted molar refractivity (Wildman–Crippen MR) is 75.8 cm³/mol. The van der Waals surface area contributed by atoms with E-state index in [0.717, 1.165) is 5.76 Å². The lowest BCUT2D eigenvalue weighted by Crippen LogP contribution is -2.49. The van der Waals surface area contributed by atoms with Gasteiger partial charge < -0.3 is 14.2 Å². The van der Waals surface area contributed by atoms with Gasteiger partial charge in [0.1, 0.15) is 5.76 Å². The van der Waals surface area contributed by atoms with Crippen molar-refractivity contribution in [1.82, 2.24) is 10.1 Å². The van der Waals surface area contributed by atoms with Gasteiger partial charge >= 0.3 is 6.03 Å². The molecule has 1 aliphatic heterocycles. The average molecular weight is 281 g/mol. The van der Waals surface area contributed by atoms with Gasteiger partial charge in [-0.25, -0.2) is 4.79 Å². The van der Waals surface area contributed by atoms with Gasteiger partial charge in [-0.15, -0.1) is 0 Å². The summed E-state index contributed by atoms with van der Waals surface area (Å²) in [5, 5.41) is 6.66. The van der Waals surface area contributed by atoms with Crippen LogP contribution in [0.2, 0.25) is 0 Å². The number of hydrogen-bond acceptors (Lipinski definition) is 4. The Morgan fingerprint density at radius 2 is 1.95 bits per heavy atom. The summed E-state index contributed by atoms with van der Waals surface area (Å²) in [4.78, 5) is 13.9. The number of amides is 2. The van der Waals surface area contributed by atoms with Crippen LogP contribution < -0.4 is 5.32 Å². The zero-order chi connectivity index (χ0) is 14.9. The molecule has 2 atom stereocenters. The van der Waals surface area contributed by atoms with E-state index in [4.69, 9.17) is 9.26 Å². The number of carbonyl (C=O) groups excluding carboxylic acids is 1. The number of urea groups is 1. The van der Waals surface area contributed by atoms with Gasteiger partial charge in [-0.05, 0) is 13.8 Å². The van der Waals surface area contributed by atoms with E-state index < -0.39 is 0 Å². The van der Waals surface area contributed by atoms with Gasteiger partial charge in [0, 0.05) is 24.6 Å². The Bertz CT molecular complexity index is 468. The molecule has 1 saturated heterocycles. The molecule has 2 rings (SSSR count). The van der Waals surface area contributed by atoms with Crippen LogP contribution in [0.25, 0.3) is 0 Å². The zero-order valence-electron chi connectivity index (χ0n) is 12.8. The van der Waals surface area contributed by atoms with Crippen molar-refractivity contribution < 1.29 is 14.1 Å². The predicted octanol–water partition coefficient (Wildman–Crippen LogP) is 2.61. The average Bonchev–Trinajstić information content (AvgIpc) is 2.75. The molecular formula is C14H23N3O3. The van der Waals surface area contributed by atoms with E-state index in [0.29, 0.717) is 18.9 Å². The van der Waals surface area contributed by atoms with E-state index in [9.17, 15) is 4.79 Å². The largest absolute Gasteiger partial charge is 0.372 e. The fourth-order valence-corrected chi connectivity index (χ4v) is 2.22. The molecule has 0 saturated carbocycles. The minimum Gasteiger partial charge on any atom is -0.372 e. The molecular weight excluding hydrogens is 258 g/mol. The Balaban J connectivity index is 1.99. The lowest BCUT2D eigenvalue weighted by atomic mass is 9.93. The summed E-state index contributed by atoms with van der Waals surface area (Å²) < 4.78 is 10.9. The molecule has 0 spiro atoms. The van der Waals surface area contributed by atoms with E-state index in [1.807, 2.05) is 34.6 Å². The Morgan fingerprint density at radius 1 is 1.35 bits per heavy atom. The monoisotopic (exact) mass is 281 g/mol. The molecule has 1 N–H and O–H groups in total. The van der Waals surface area contributed by atoms with Crippen molar-refractivity contribution in [3.63, 3.8) is 0 Å². The van der Waals surface area contributed by atoms with E-state index in [1.165, 1.54) is 0 Å². The van der Waals surface area contributed by atoms with Crippen molar-refractivity contribution >= 4 is 11.8 Å². The van der Waals surface area contributed by atoms with Crippen LogP contribution in [-0.4, -0.2) is 41.4 Å². The van der Waals surface area contributed by atoms with Gasteiger partial charge in [0.15, 0.2) is 5.82 Å². The number of carbonyl (C=O) groups is 1. The molecule has 6 heteroatoms. The highest BCUT2D eigenvalue weighted by Crippen LogP contribution is 2.24. The number of morpholine rings is 1. The third kappa shape index (κ3) is 3.50. The van der Waals surface area contributed by atoms with Crippen molar-refractivity contribution in [2.45, 2.75) is 52.2 Å². The van der Waals surface area contributed by atoms with E-state index in [1.54, 1.807) is 11.0 Å². The van der Waals surface area contributed by atoms with Crippen molar-refractivity contribution in [3.8, 4) is 0 Å². The lowest BCUT2D eigenvalue weighted by molar-refractivity contribution is -0.0530. The van der Waals surface area contributed by atoms with Gasteiger partial charge in [0.25, 0.3) is 0 Å². The number of anilines is 1. The Labute approximate surface area is 119 Å². The highest BCUT2D eigenvalue weighted by atomic mass is 16.5. The van der Waals surface area contributed by atoms with Crippen molar-refractivity contribution in [2.24, 2.45) is 0 Å². The normalized spacial score (nSPS) is 23.8. The Hall–Kier alpha value is -1.56. The first-order chi connectivity index (χ1) is 9.25. The van der Waals surface area contributed by atoms with Crippen LogP contribution in [0.1, 0.15) is 40.4 Å². The maximum Gasteiger partial charge on any atom is 0.323 e. The molecule has 1 aliphatic rings. The molecule has 2 heterocycles. The van der Waals surface area contributed by atoms with E-state index in [2.05, 4.69) is 10.5 Å². The van der Waals surface area contributed by atoms with Crippen LogP contribution in [0.4, 0.5) is 10.6 Å². The van der Waals surface area contributed by atoms with Crippen molar-refractivity contribution in [1.29, 1.82) is 0 Å². The molecule has 6 nitrogen and oxygen atoms in total. The molecule has 0 aromatic carbocycles. The number of rotatable bonds is 1. The SMILES string of the molecule is CC1CN(C(=O)Nc2cc(C(C)(C)C)on2)CC(C)O1. The second-order valence-corrected chi connectivity index (χ2v) is 6.42. The van der Waals surface area contributed by atoms with Gasteiger partial charge in [0.05, 0.1) is 12.2 Å². The molecule has 1 fully saturated rings. The van der Waals surface area contributed by atoms with Gasteiger partial charge in [-0.1, -0.05) is 25.9 Å². The summed E-state index contributed by atoms with van der Waals surface area (Å²) in [6.07, 6.45) is 0.0962. The summed E-state index contributed by atoms with van der Waals surface area (Å²) in [6.45, 7) is 11.2. The standard InChI is InChI=1S/C14H23N3O3/c1-9-7-17(8-10(2)19-9)13(18)15-12-6-11(20-16-12)14(3,4)5/h6,9-10H,7-8H2,1-5H3,(H,15,16,18). The molecule has 112 valence electrons. The smallest absolute Gasteiger partial charge is 0.323 e. The molecule has 1 aromatic rings. The Morgan fingerprint density at radius 3 is 2.45 bits per heavy atom. The molecule has 2 unspecified atom stereocenters. The summed E-state index contributed by atoms with van der Waals surface area (Å²) in [5.41, 5.74) is -0.127. The maximum atomic E-state index is 12.2. The molecule has 20 heavy (non-hydrogen) atoms. The first-order valence-electron chi connectivity index (χ1n) is 6.94. The summed E-state index contributed by atoms with van der Waals surface area (Å²) >= 11 is 0. The minimum atomic E-state index is -0.166. The zero-order valence-corrected chi connectivity index (χ0v) is 12.8. The third-order valence-corrected chi connectivity index (χ3v) is 3.19. The minimum absolute atomic E-state index is 0.0481. The van der Waals surface area contributed by atoms with Crippen LogP contribution >= 0.6 is 0 Å². The lowest BCUT2D eigenvalue weighted by Gasteiger charge is -2.34. The summed E-state index contributed by atoms with van der Waals surface area (Å²) in [6, 6.07) is 1.60. The van der Waals surface area contributed by atoms with Crippen molar-refractivity contribution in [3.05, 3.63) is 11.8 Å². The number of nitrogens with one attached hydrogen (secondary N) is 1. The quantitative estimate of drug-likeness (QED) is 0.859. The second-order valence-electron chi connectivity index (χ2n) is 6.42. The van der Waals surface area contributed by atoms with Gasteiger partial charge in [-0.2, -0.15) is 0 Å². The van der Waals surface area contributed by atoms with Crippen LogP contribution in [0, 0.1) is 0 Å². The van der Waals surface area contributed by atoms with Gasteiger partial charge in [-0.3, -0.25) is 5.32 Å². The highest BCUT2D eigenvalue weighted by molar-refractivity contribution is 5.88. The number of aromatic nitrogens is 1. The molecule has 1 aromatic heterocycles. The molecule has 0 radical (unpaired) electrons. The van der Waals surface area contributed by atoms with Crippen molar-refractivity contribution in [2.75, 3.05) is 18.4 Å².